The Hall–Kier alpha value is -1.95. The van der Waals surface area contributed by atoms with E-state index in [0.29, 0.717) is 19.2 Å². The lowest BCUT2D eigenvalue weighted by Gasteiger charge is -2.14. The molecule has 2 nitrogen and oxygen atoms in total. The molecule has 0 saturated heterocycles. The molecule has 3 heteroatoms. The number of benzene rings is 2. The quantitative estimate of drug-likeness (QED) is 0.805. The van der Waals surface area contributed by atoms with Crippen LogP contribution in [0.4, 0.5) is 0 Å². The monoisotopic (exact) mass is 325 g/mol. The second-order valence-corrected chi connectivity index (χ2v) is 6.16. The van der Waals surface area contributed by atoms with Gasteiger partial charge in [0.2, 0.25) is 0 Å². The van der Waals surface area contributed by atoms with E-state index in [9.17, 15) is 0 Å². The van der Waals surface area contributed by atoms with Gasteiger partial charge in [-0.3, -0.25) is 5.32 Å². The summed E-state index contributed by atoms with van der Waals surface area (Å²) in [6.45, 7) is 1.27. The predicted molar refractivity (Wildman–Crippen MR) is 95.0 cm³/mol. The average Bonchev–Trinajstić information content (AvgIpc) is 2.99. The van der Waals surface area contributed by atoms with Gasteiger partial charge in [0.15, 0.2) is 0 Å². The minimum absolute atomic E-state index is 0.348. The normalized spacial score (nSPS) is 15.9. The Kier molecular flexibility index (Phi) is 5.23. The summed E-state index contributed by atoms with van der Waals surface area (Å²) in [6.07, 6.45) is 8.33. The standard InChI is InChI=1S/C20H20ClNO/c1-2-13-22-19-11-10-18-17(19)4-3-5-20(18)23-14-12-15-6-8-16(21)9-7-15/h1,3-9,19,22H,10-14H2. The van der Waals surface area contributed by atoms with Crippen LogP contribution in [-0.2, 0) is 12.8 Å². The topological polar surface area (TPSA) is 21.3 Å². The van der Waals surface area contributed by atoms with Crippen LogP contribution in [0.3, 0.4) is 0 Å². The first-order valence-corrected chi connectivity index (χ1v) is 8.31. The largest absolute Gasteiger partial charge is 0.493 e. The van der Waals surface area contributed by atoms with Gasteiger partial charge in [-0.15, -0.1) is 6.42 Å². The molecule has 0 aliphatic heterocycles. The Morgan fingerprint density at radius 1 is 1.22 bits per heavy atom. The number of hydrogen-bond acceptors (Lipinski definition) is 2. The lowest BCUT2D eigenvalue weighted by Crippen LogP contribution is -2.19. The summed E-state index contributed by atoms with van der Waals surface area (Å²) in [5.41, 5.74) is 3.87. The molecule has 0 radical (unpaired) electrons. The fourth-order valence-electron chi connectivity index (χ4n) is 3.08. The number of terminal acetylenes is 1. The summed E-state index contributed by atoms with van der Waals surface area (Å²) >= 11 is 5.91. The van der Waals surface area contributed by atoms with Crippen molar-refractivity contribution in [2.45, 2.75) is 25.3 Å². The van der Waals surface area contributed by atoms with E-state index in [2.05, 4.69) is 29.4 Å². The van der Waals surface area contributed by atoms with Gasteiger partial charge in [-0.05, 0) is 47.7 Å². The maximum absolute atomic E-state index is 6.03. The Balaban J connectivity index is 1.62. The van der Waals surface area contributed by atoms with Gasteiger partial charge in [0, 0.05) is 17.5 Å². The van der Waals surface area contributed by atoms with Crippen LogP contribution >= 0.6 is 11.6 Å². The molecule has 0 heterocycles. The van der Waals surface area contributed by atoms with Crippen molar-refractivity contribution in [3.05, 3.63) is 64.2 Å². The van der Waals surface area contributed by atoms with Crippen molar-refractivity contribution < 1.29 is 4.74 Å². The molecular weight excluding hydrogens is 306 g/mol. The summed E-state index contributed by atoms with van der Waals surface area (Å²) in [6, 6.07) is 14.6. The highest BCUT2D eigenvalue weighted by Crippen LogP contribution is 2.36. The third-order valence-corrected chi connectivity index (χ3v) is 4.49. The Morgan fingerprint density at radius 2 is 2.04 bits per heavy atom. The molecule has 1 N–H and O–H groups in total. The lowest BCUT2D eigenvalue weighted by molar-refractivity contribution is 0.319. The van der Waals surface area contributed by atoms with Crippen LogP contribution in [0.1, 0.15) is 29.2 Å². The van der Waals surface area contributed by atoms with Crippen molar-refractivity contribution >= 4 is 11.6 Å². The highest BCUT2D eigenvalue weighted by molar-refractivity contribution is 6.30. The smallest absolute Gasteiger partial charge is 0.122 e. The van der Waals surface area contributed by atoms with Gasteiger partial charge in [0.05, 0.1) is 13.2 Å². The first-order valence-electron chi connectivity index (χ1n) is 7.94. The SMILES string of the molecule is C#CCNC1CCc2c(OCCc3ccc(Cl)cc3)cccc21. The molecule has 0 spiro atoms. The first-order chi connectivity index (χ1) is 11.3. The number of fused-ring (bicyclic) bond motifs is 1. The van der Waals surface area contributed by atoms with Crippen LogP contribution in [0.25, 0.3) is 0 Å². The molecule has 0 aromatic heterocycles. The third kappa shape index (κ3) is 3.88. The van der Waals surface area contributed by atoms with E-state index in [4.69, 9.17) is 22.8 Å². The highest BCUT2D eigenvalue weighted by Gasteiger charge is 2.24. The van der Waals surface area contributed by atoms with Gasteiger partial charge in [-0.25, -0.2) is 0 Å². The zero-order valence-electron chi connectivity index (χ0n) is 13.0. The second-order valence-electron chi connectivity index (χ2n) is 5.73. The molecular formula is C20H20ClNO. The van der Waals surface area contributed by atoms with Gasteiger partial charge >= 0.3 is 0 Å². The molecule has 0 fully saturated rings. The molecule has 0 saturated carbocycles. The molecule has 0 bridgehead atoms. The van der Waals surface area contributed by atoms with Crippen molar-refractivity contribution in [3.63, 3.8) is 0 Å². The van der Waals surface area contributed by atoms with Crippen molar-refractivity contribution in [2.75, 3.05) is 13.2 Å². The zero-order chi connectivity index (χ0) is 16.1. The van der Waals surface area contributed by atoms with E-state index >= 15 is 0 Å². The predicted octanol–water partition coefficient (Wildman–Crippen LogP) is 4.17. The van der Waals surface area contributed by atoms with Gasteiger partial charge in [0.25, 0.3) is 0 Å². The zero-order valence-corrected chi connectivity index (χ0v) is 13.8. The van der Waals surface area contributed by atoms with Crippen LogP contribution < -0.4 is 10.1 Å². The van der Waals surface area contributed by atoms with Gasteiger partial charge in [-0.2, -0.15) is 0 Å². The summed E-state index contributed by atoms with van der Waals surface area (Å²) < 4.78 is 6.03. The van der Waals surface area contributed by atoms with E-state index < -0.39 is 0 Å². The van der Waals surface area contributed by atoms with Crippen LogP contribution in [0, 0.1) is 12.3 Å². The summed E-state index contributed by atoms with van der Waals surface area (Å²) in [5.74, 6) is 3.65. The molecule has 1 aliphatic carbocycles. The van der Waals surface area contributed by atoms with E-state index in [-0.39, 0.29) is 0 Å². The molecule has 1 aliphatic rings. The van der Waals surface area contributed by atoms with Gasteiger partial charge < -0.3 is 4.74 Å². The van der Waals surface area contributed by atoms with Crippen molar-refractivity contribution in [2.24, 2.45) is 0 Å². The molecule has 23 heavy (non-hydrogen) atoms. The van der Waals surface area contributed by atoms with Gasteiger partial charge in [0.1, 0.15) is 5.75 Å². The Morgan fingerprint density at radius 3 is 2.83 bits per heavy atom. The number of rotatable bonds is 6. The first kappa shape index (κ1) is 15.9. The van der Waals surface area contributed by atoms with Crippen LogP contribution in [0.5, 0.6) is 5.75 Å². The fourth-order valence-corrected chi connectivity index (χ4v) is 3.21. The lowest BCUT2D eigenvalue weighted by atomic mass is 10.1. The van der Waals surface area contributed by atoms with E-state index in [1.54, 1.807) is 0 Å². The molecule has 2 aromatic rings. The van der Waals surface area contributed by atoms with E-state index in [0.717, 1.165) is 30.0 Å². The molecule has 118 valence electrons. The van der Waals surface area contributed by atoms with Gasteiger partial charge in [-0.1, -0.05) is 41.8 Å². The number of halogens is 1. The van der Waals surface area contributed by atoms with Crippen LogP contribution in [-0.4, -0.2) is 13.2 Å². The van der Waals surface area contributed by atoms with Crippen molar-refractivity contribution in [1.82, 2.24) is 5.32 Å². The molecule has 1 atom stereocenters. The fraction of sp³-hybridized carbons (Fsp3) is 0.300. The van der Waals surface area contributed by atoms with Crippen molar-refractivity contribution in [3.8, 4) is 18.1 Å². The molecule has 1 unspecified atom stereocenters. The molecule has 3 rings (SSSR count). The minimum Gasteiger partial charge on any atom is -0.493 e. The minimum atomic E-state index is 0.348. The number of hydrogen-bond donors (Lipinski definition) is 1. The summed E-state index contributed by atoms with van der Waals surface area (Å²) in [7, 11) is 0. The second kappa shape index (κ2) is 7.55. The highest BCUT2D eigenvalue weighted by atomic mass is 35.5. The van der Waals surface area contributed by atoms with Crippen molar-refractivity contribution in [1.29, 1.82) is 0 Å². The average molecular weight is 326 g/mol. The Bertz CT molecular complexity index is 703. The maximum Gasteiger partial charge on any atom is 0.122 e. The van der Waals surface area contributed by atoms with Crippen LogP contribution in [0.2, 0.25) is 5.02 Å². The third-order valence-electron chi connectivity index (χ3n) is 4.24. The maximum atomic E-state index is 6.03. The number of nitrogens with one attached hydrogen (secondary N) is 1. The Labute approximate surface area is 142 Å². The number of ether oxygens (including phenoxy) is 1. The summed E-state index contributed by atoms with van der Waals surface area (Å²) in [4.78, 5) is 0. The summed E-state index contributed by atoms with van der Waals surface area (Å²) in [5, 5.41) is 4.16. The molecule has 2 aromatic carbocycles. The van der Waals surface area contributed by atoms with E-state index in [1.807, 2.05) is 24.3 Å². The molecule has 0 amide bonds. The van der Waals surface area contributed by atoms with E-state index in [1.165, 1.54) is 16.7 Å². The van der Waals surface area contributed by atoms with Crippen LogP contribution in [0.15, 0.2) is 42.5 Å².